The summed E-state index contributed by atoms with van der Waals surface area (Å²) in [5.74, 6) is -0.231. The van der Waals surface area contributed by atoms with Crippen LogP contribution in [0.15, 0.2) is 46.7 Å². The summed E-state index contributed by atoms with van der Waals surface area (Å²) in [5, 5.41) is 4.81. The summed E-state index contributed by atoms with van der Waals surface area (Å²) in [5.41, 5.74) is 0.412. The van der Waals surface area contributed by atoms with Crippen molar-refractivity contribution in [3.05, 3.63) is 52.2 Å². The lowest BCUT2D eigenvalue weighted by molar-refractivity contribution is -0.0258. The summed E-state index contributed by atoms with van der Waals surface area (Å²) < 4.78 is 24.9. The smallest absolute Gasteiger partial charge is 0.264 e. The number of hydrogen-bond acceptors (Lipinski definition) is 5. The zero-order valence-corrected chi connectivity index (χ0v) is 14.5. The van der Waals surface area contributed by atoms with Gasteiger partial charge in [0.15, 0.2) is 0 Å². The predicted octanol–water partition coefficient (Wildman–Crippen LogP) is 1.90. The molecule has 0 aliphatic carbocycles. The second kappa shape index (κ2) is 7.69. The molecule has 2 rings (SSSR count). The van der Waals surface area contributed by atoms with Crippen LogP contribution in [-0.4, -0.2) is 39.5 Å². The monoisotopic (exact) mass is 354 g/mol. The molecular weight excluding hydrogens is 336 g/mol. The van der Waals surface area contributed by atoms with Crippen molar-refractivity contribution >= 4 is 27.3 Å². The van der Waals surface area contributed by atoms with Crippen molar-refractivity contribution in [2.24, 2.45) is 0 Å². The molecule has 0 bridgehead atoms. The Hall–Kier alpha value is -1.74. The Morgan fingerprint density at radius 2 is 1.96 bits per heavy atom. The van der Waals surface area contributed by atoms with Crippen molar-refractivity contribution < 1.29 is 18.0 Å². The van der Waals surface area contributed by atoms with Crippen molar-refractivity contribution in [2.45, 2.75) is 11.3 Å². The normalized spacial score (nSPS) is 11.6. The fourth-order valence-corrected chi connectivity index (χ4v) is 3.56. The quantitative estimate of drug-likeness (QED) is 0.771. The number of rotatable bonds is 7. The number of nitrogens with zero attached hydrogens (tertiary/aromatic N) is 1. The lowest BCUT2D eigenvalue weighted by Crippen LogP contribution is -2.27. The number of carbonyl (C=O) groups excluding carboxylic acids is 1. The molecule has 1 aromatic carbocycles. The van der Waals surface area contributed by atoms with E-state index in [0.717, 1.165) is 10.9 Å². The highest BCUT2D eigenvalue weighted by molar-refractivity contribution is 7.89. The van der Waals surface area contributed by atoms with Gasteiger partial charge in [-0.05, 0) is 42.1 Å². The summed E-state index contributed by atoms with van der Waals surface area (Å²) in [6.07, 6.45) is 0.772. The van der Waals surface area contributed by atoms with E-state index in [-0.39, 0.29) is 10.8 Å². The molecule has 0 radical (unpaired) electrons. The fraction of sp³-hybridized carbons (Fsp3) is 0.267. The number of carbonyl (C=O) groups is 1. The molecule has 1 amide bonds. The standard InChI is InChI=1S/C15H18N2O4S2/c1-17(21-2)23(19,20)14-7-5-12(6-8-14)15(18)16-10-9-13-4-3-11-22-13/h3-8,11H,9-10H2,1-2H3,(H,16,18). The minimum Gasteiger partial charge on any atom is -0.352 e. The highest BCUT2D eigenvalue weighted by atomic mass is 32.2. The Morgan fingerprint density at radius 3 is 2.52 bits per heavy atom. The molecule has 8 heteroatoms. The summed E-state index contributed by atoms with van der Waals surface area (Å²) in [4.78, 5) is 18.0. The maximum absolute atomic E-state index is 12.0. The van der Waals surface area contributed by atoms with Gasteiger partial charge < -0.3 is 5.32 Å². The first kappa shape index (κ1) is 17.6. The van der Waals surface area contributed by atoms with Gasteiger partial charge in [0.2, 0.25) is 0 Å². The second-order valence-electron chi connectivity index (χ2n) is 4.71. The van der Waals surface area contributed by atoms with E-state index in [2.05, 4.69) is 5.32 Å². The van der Waals surface area contributed by atoms with Gasteiger partial charge in [-0.25, -0.2) is 8.42 Å². The minimum absolute atomic E-state index is 0.0667. The molecule has 1 aromatic heterocycles. The summed E-state index contributed by atoms with van der Waals surface area (Å²) in [6.45, 7) is 0.534. The molecule has 0 unspecified atom stereocenters. The number of nitrogens with one attached hydrogen (secondary N) is 1. The SMILES string of the molecule is CON(C)S(=O)(=O)c1ccc(C(=O)NCCc2cccs2)cc1. The van der Waals surface area contributed by atoms with Crippen molar-refractivity contribution in [3.63, 3.8) is 0 Å². The summed E-state index contributed by atoms with van der Waals surface area (Å²) >= 11 is 1.65. The molecule has 0 saturated heterocycles. The van der Waals surface area contributed by atoms with Crippen LogP contribution in [0.4, 0.5) is 0 Å². The van der Waals surface area contributed by atoms with E-state index < -0.39 is 10.0 Å². The van der Waals surface area contributed by atoms with E-state index in [4.69, 9.17) is 4.84 Å². The first-order chi connectivity index (χ1) is 10.9. The third-order valence-electron chi connectivity index (χ3n) is 3.25. The summed E-state index contributed by atoms with van der Waals surface area (Å²) in [6, 6.07) is 9.73. The average Bonchev–Trinajstić information content (AvgIpc) is 3.07. The van der Waals surface area contributed by atoms with Gasteiger partial charge in [-0.3, -0.25) is 9.63 Å². The Morgan fingerprint density at radius 1 is 1.26 bits per heavy atom. The molecule has 1 N–H and O–H groups in total. The van der Waals surface area contributed by atoms with E-state index in [1.807, 2.05) is 17.5 Å². The number of sulfonamides is 1. The van der Waals surface area contributed by atoms with Gasteiger partial charge in [0.25, 0.3) is 15.9 Å². The fourth-order valence-electron chi connectivity index (χ4n) is 1.88. The number of hydrogen-bond donors (Lipinski definition) is 1. The lowest BCUT2D eigenvalue weighted by atomic mass is 10.2. The van der Waals surface area contributed by atoms with Gasteiger partial charge in [-0.1, -0.05) is 10.5 Å². The van der Waals surface area contributed by atoms with E-state index in [1.165, 1.54) is 43.3 Å². The van der Waals surface area contributed by atoms with E-state index in [9.17, 15) is 13.2 Å². The first-order valence-electron chi connectivity index (χ1n) is 6.89. The third kappa shape index (κ3) is 4.38. The van der Waals surface area contributed by atoms with Crippen LogP contribution in [0.5, 0.6) is 0 Å². The molecule has 23 heavy (non-hydrogen) atoms. The van der Waals surface area contributed by atoms with Crippen LogP contribution in [0.2, 0.25) is 0 Å². The van der Waals surface area contributed by atoms with Crippen LogP contribution in [0.1, 0.15) is 15.2 Å². The van der Waals surface area contributed by atoms with Crippen LogP contribution >= 0.6 is 11.3 Å². The molecular formula is C15H18N2O4S2. The van der Waals surface area contributed by atoms with Gasteiger partial charge in [0.05, 0.1) is 12.0 Å². The Kier molecular flexibility index (Phi) is 5.89. The van der Waals surface area contributed by atoms with Crippen molar-refractivity contribution in [3.8, 4) is 0 Å². The van der Waals surface area contributed by atoms with E-state index >= 15 is 0 Å². The van der Waals surface area contributed by atoms with Gasteiger partial charge >= 0.3 is 0 Å². The van der Waals surface area contributed by atoms with Crippen LogP contribution in [0, 0.1) is 0 Å². The second-order valence-corrected chi connectivity index (χ2v) is 7.67. The van der Waals surface area contributed by atoms with Gasteiger partial charge in [0.1, 0.15) is 0 Å². The number of benzene rings is 1. The topological polar surface area (TPSA) is 75.7 Å². The number of thiophene rings is 1. The molecule has 2 aromatic rings. The molecule has 0 aliphatic rings. The maximum Gasteiger partial charge on any atom is 0.264 e. The molecule has 0 saturated carbocycles. The highest BCUT2D eigenvalue weighted by Gasteiger charge is 2.20. The Bertz CT molecular complexity index is 740. The van der Waals surface area contributed by atoms with Crippen LogP contribution in [0.25, 0.3) is 0 Å². The van der Waals surface area contributed by atoms with Crippen molar-refractivity contribution in [2.75, 3.05) is 20.7 Å². The zero-order valence-electron chi connectivity index (χ0n) is 12.9. The molecule has 1 heterocycles. The minimum atomic E-state index is -3.70. The van der Waals surface area contributed by atoms with Crippen molar-refractivity contribution in [1.29, 1.82) is 0 Å². The molecule has 0 fully saturated rings. The third-order valence-corrected chi connectivity index (χ3v) is 5.88. The zero-order chi connectivity index (χ0) is 16.9. The maximum atomic E-state index is 12.0. The highest BCUT2D eigenvalue weighted by Crippen LogP contribution is 2.15. The molecule has 124 valence electrons. The summed E-state index contributed by atoms with van der Waals surface area (Å²) in [7, 11) is -1.12. The first-order valence-corrected chi connectivity index (χ1v) is 9.21. The molecule has 0 spiro atoms. The van der Waals surface area contributed by atoms with E-state index in [1.54, 1.807) is 11.3 Å². The lowest BCUT2D eigenvalue weighted by Gasteiger charge is -2.14. The molecule has 0 atom stereocenters. The van der Waals surface area contributed by atoms with Crippen LogP contribution in [-0.2, 0) is 21.3 Å². The van der Waals surface area contributed by atoms with Crippen LogP contribution < -0.4 is 5.32 Å². The Labute approximate surface area is 139 Å². The Balaban J connectivity index is 1.97. The number of hydroxylamine groups is 1. The van der Waals surface area contributed by atoms with Gasteiger partial charge in [-0.2, -0.15) is 0 Å². The van der Waals surface area contributed by atoms with Crippen LogP contribution in [0.3, 0.4) is 0 Å². The predicted molar refractivity (Wildman–Crippen MR) is 88.8 cm³/mol. The van der Waals surface area contributed by atoms with Gasteiger partial charge in [-0.15, -0.1) is 11.3 Å². The molecule has 6 nitrogen and oxygen atoms in total. The number of amides is 1. The van der Waals surface area contributed by atoms with E-state index in [0.29, 0.717) is 12.1 Å². The largest absolute Gasteiger partial charge is 0.352 e. The molecule has 0 aliphatic heterocycles. The van der Waals surface area contributed by atoms with Gasteiger partial charge in [0, 0.05) is 24.0 Å². The van der Waals surface area contributed by atoms with Crippen molar-refractivity contribution in [1.82, 2.24) is 9.79 Å². The average molecular weight is 354 g/mol.